The van der Waals surface area contributed by atoms with Crippen molar-refractivity contribution in [2.24, 2.45) is 5.92 Å². The third kappa shape index (κ3) is 2.98. The Morgan fingerprint density at radius 3 is 2.65 bits per heavy atom. The second kappa shape index (κ2) is 5.76. The minimum absolute atomic E-state index is 0.124. The van der Waals surface area contributed by atoms with Gasteiger partial charge >= 0.3 is 0 Å². The number of carbonyl (C=O) groups is 1. The van der Waals surface area contributed by atoms with E-state index < -0.39 is 0 Å². The van der Waals surface area contributed by atoms with Crippen molar-refractivity contribution in [1.82, 2.24) is 4.90 Å². The number of furan rings is 1. The minimum Gasteiger partial charge on any atom is -0.497 e. The van der Waals surface area contributed by atoms with Crippen molar-refractivity contribution in [1.29, 1.82) is 0 Å². The molecule has 2 saturated carbocycles. The van der Waals surface area contributed by atoms with E-state index in [1.165, 1.54) is 5.56 Å². The monoisotopic (exact) mass is 311 g/mol. The highest BCUT2D eigenvalue weighted by Gasteiger charge is 2.48. The van der Waals surface area contributed by atoms with Gasteiger partial charge in [-0.1, -0.05) is 12.1 Å². The normalized spacial score (nSPS) is 22.7. The molecule has 0 bridgehead atoms. The van der Waals surface area contributed by atoms with Crippen molar-refractivity contribution in [3.05, 3.63) is 54.0 Å². The molecule has 0 saturated heterocycles. The average molecular weight is 311 g/mol. The second-order valence-electron chi connectivity index (χ2n) is 6.50. The summed E-state index contributed by atoms with van der Waals surface area (Å²) in [6.07, 6.45) is 4.85. The molecule has 2 aliphatic carbocycles. The van der Waals surface area contributed by atoms with Crippen molar-refractivity contribution in [2.45, 2.75) is 37.8 Å². The number of methoxy groups -OCH3 is 1. The SMILES string of the molecule is COc1ccc([C@H]2C[C@@H]2C(=O)N(Cc2ccco2)C2CC2)cc1. The molecule has 2 aromatic rings. The molecule has 23 heavy (non-hydrogen) atoms. The molecule has 0 radical (unpaired) electrons. The van der Waals surface area contributed by atoms with Crippen LogP contribution in [0.1, 0.15) is 36.5 Å². The Morgan fingerprint density at radius 2 is 2.04 bits per heavy atom. The quantitative estimate of drug-likeness (QED) is 0.819. The zero-order valence-electron chi connectivity index (χ0n) is 13.3. The predicted molar refractivity (Wildman–Crippen MR) is 86.1 cm³/mol. The maximum atomic E-state index is 12.9. The number of hydrogen-bond acceptors (Lipinski definition) is 3. The van der Waals surface area contributed by atoms with E-state index in [-0.39, 0.29) is 11.8 Å². The standard InChI is InChI=1S/C19H21NO3/c1-22-15-8-4-13(5-9-15)17-11-18(17)19(21)20(14-6-7-14)12-16-3-2-10-23-16/h2-5,8-10,14,17-18H,6-7,11-12H2,1H3/t17-,18+/m1/s1. The highest BCUT2D eigenvalue weighted by Crippen LogP contribution is 2.49. The van der Waals surface area contributed by atoms with Crippen LogP contribution in [0, 0.1) is 5.92 Å². The number of carbonyl (C=O) groups excluding carboxylic acids is 1. The predicted octanol–water partition coefficient (Wildman–Crippen LogP) is 3.58. The third-order valence-corrected chi connectivity index (χ3v) is 4.83. The summed E-state index contributed by atoms with van der Waals surface area (Å²) in [5.41, 5.74) is 1.23. The smallest absolute Gasteiger partial charge is 0.226 e. The lowest BCUT2D eigenvalue weighted by molar-refractivity contribution is -0.134. The van der Waals surface area contributed by atoms with Gasteiger partial charge in [-0.2, -0.15) is 0 Å². The molecule has 1 aromatic carbocycles. The lowest BCUT2D eigenvalue weighted by Gasteiger charge is -2.21. The van der Waals surface area contributed by atoms with E-state index in [1.807, 2.05) is 29.2 Å². The van der Waals surface area contributed by atoms with E-state index in [0.717, 1.165) is 30.8 Å². The molecule has 0 unspecified atom stereocenters. The van der Waals surface area contributed by atoms with Crippen LogP contribution in [0.2, 0.25) is 0 Å². The third-order valence-electron chi connectivity index (χ3n) is 4.83. The largest absolute Gasteiger partial charge is 0.497 e. The van der Waals surface area contributed by atoms with Crippen LogP contribution in [0.25, 0.3) is 0 Å². The van der Waals surface area contributed by atoms with Crippen LogP contribution in [-0.4, -0.2) is 24.0 Å². The number of hydrogen-bond donors (Lipinski definition) is 0. The van der Waals surface area contributed by atoms with Gasteiger partial charge in [-0.15, -0.1) is 0 Å². The van der Waals surface area contributed by atoms with E-state index in [4.69, 9.17) is 9.15 Å². The fraction of sp³-hybridized carbons (Fsp3) is 0.421. The molecule has 4 rings (SSSR count). The summed E-state index contributed by atoms with van der Waals surface area (Å²) in [7, 11) is 1.67. The van der Waals surface area contributed by atoms with Gasteiger partial charge < -0.3 is 14.1 Å². The van der Waals surface area contributed by atoms with Crippen LogP contribution in [0.5, 0.6) is 5.75 Å². The Bertz CT molecular complexity index is 673. The number of benzene rings is 1. The Kier molecular flexibility index (Phi) is 3.60. The van der Waals surface area contributed by atoms with Gasteiger partial charge in [0, 0.05) is 12.0 Å². The fourth-order valence-corrected chi connectivity index (χ4v) is 3.24. The highest BCUT2D eigenvalue weighted by molar-refractivity contribution is 5.83. The Morgan fingerprint density at radius 1 is 1.26 bits per heavy atom. The summed E-state index contributed by atoms with van der Waals surface area (Å²) in [5, 5.41) is 0. The van der Waals surface area contributed by atoms with Crippen molar-refractivity contribution in [2.75, 3.05) is 7.11 Å². The topological polar surface area (TPSA) is 42.7 Å². The summed E-state index contributed by atoms with van der Waals surface area (Å²) < 4.78 is 10.6. The van der Waals surface area contributed by atoms with Gasteiger partial charge in [-0.05, 0) is 55.0 Å². The molecule has 2 aliphatic rings. The first-order valence-electron chi connectivity index (χ1n) is 8.23. The van der Waals surface area contributed by atoms with Gasteiger partial charge in [0.15, 0.2) is 0 Å². The summed E-state index contributed by atoms with van der Waals surface area (Å²) in [6.45, 7) is 0.600. The van der Waals surface area contributed by atoms with Crippen LogP contribution in [0.4, 0.5) is 0 Å². The fourth-order valence-electron chi connectivity index (χ4n) is 3.24. The lowest BCUT2D eigenvalue weighted by Crippen LogP contribution is -2.34. The molecule has 2 fully saturated rings. The van der Waals surface area contributed by atoms with Gasteiger partial charge in [0.1, 0.15) is 11.5 Å². The molecule has 1 aromatic heterocycles. The highest BCUT2D eigenvalue weighted by atomic mass is 16.5. The van der Waals surface area contributed by atoms with E-state index >= 15 is 0 Å². The summed E-state index contributed by atoms with van der Waals surface area (Å²) in [5.74, 6) is 2.48. The molecule has 1 amide bonds. The van der Waals surface area contributed by atoms with Crippen LogP contribution in [0.15, 0.2) is 47.1 Å². The number of nitrogens with zero attached hydrogens (tertiary/aromatic N) is 1. The summed E-state index contributed by atoms with van der Waals surface area (Å²) in [4.78, 5) is 14.9. The minimum atomic E-state index is 0.124. The lowest BCUT2D eigenvalue weighted by atomic mass is 10.1. The first-order chi connectivity index (χ1) is 11.3. The number of rotatable bonds is 6. The van der Waals surface area contributed by atoms with E-state index in [1.54, 1.807) is 13.4 Å². The second-order valence-corrected chi connectivity index (χ2v) is 6.50. The molecule has 2 atom stereocenters. The Balaban J connectivity index is 1.43. The molecule has 0 aliphatic heterocycles. The molecule has 120 valence electrons. The summed E-state index contributed by atoms with van der Waals surface area (Å²) >= 11 is 0. The van der Waals surface area contributed by atoms with Crippen LogP contribution in [0.3, 0.4) is 0 Å². The molecular formula is C19H21NO3. The van der Waals surface area contributed by atoms with E-state index in [0.29, 0.717) is 18.5 Å². The van der Waals surface area contributed by atoms with Crippen LogP contribution in [-0.2, 0) is 11.3 Å². The Labute approximate surface area is 136 Å². The molecular weight excluding hydrogens is 290 g/mol. The van der Waals surface area contributed by atoms with Crippen molar-refractivity contribution in [3.8, 4) is 5.75 Å². The molecule has 4 nitrogen and oxygen atoms in total. The summed E-state index contributed by atoms with van der Waals surface area (Å²) in [6, 6.07) is 12.3. The van der Waals surface area contributed by atoms with Gasteiger partial charge in [-0.25, -0.2) is 0 Å². The zero-order valence-corrected chi connectivity index (χ0v) is 13.3. The van der Waals surface area contributed by atoms with Gasteiger partial charge in [-0.3, -0.25) is 4.79 Å². The molecule has 0 spiro atoms. The number of ether oxygens (including phenoxy) is 1. The van der Waals surface area contributed by atoms with Crippen LogP contribution < -0.4 is 4.74 Å². The molecule has 0 N–H and O–H groups in total. The van der Waals surface area contributed by atoms with Crippen molar-refractivity contribution < 1.29 is 13.9 Å². The van der Waals surface area contributed by atoms with Gasteiger partial charge in [0.25, 0.3) is 0 Å². The maximum Gasteiger partial charge on any atom is 0.226 e. The van der Waals surface area contributed by atoms with Crippen LogP contribution >= 0.6 is 0 Å². The van der Waals surface area contributed by atoms with Gasteiger partial charge in [0.05, 0.1) is 19.9 Å². The number of amides is 1. The van der Waals surface area contributed by atoms with Gasteiger partial charge in [0.2, 0.25) is 5.91 Å². The first kappa shape index (κ1) is 14.4. The zero-order chi connectivity index (χ0) is 15.8. The maximum absolute atomic E-state index is 12.9. The molecule has 1 heterocycles. The van der Waals surface area contributed by atoms with E-state index in [2.05, 4.69) is 12.1 Å². The molecule has 4 heteroatoms. The van der Waals surface area contributed by atoms with Crippen molar-refractivity contribution in [3.63, 3.8) is 0 Å². The average Bonchev–Trinajstić information content (AvgIpc) is 3.51. The first-order valence-corrected chi connectivity index (χ1v) is 8.23. The van der Waals surface area contributed by atoms with E-state index in [9.17, 15) is 4.79 Å². The van der Waals surface area contributed by atoms with Crippen molar-refractivity contribution >= 4 is 5.91 Å². The Hall–Kier alpha value is -2.23.